The summed E-state index contributed by atoms with van der Waals surface area (Å²) in [6.07, 6.45) is 7.38. The molecule has 0 spiro atoms. The Morgan fingerprint density at radius 3 is 2.71 bits per heavy atom. The number of carbonyl (C=O) groups excluding carboxylic acids is 2. The molecule has 1 saturated heterocycles. The monoisotopic (exact) mass is 514 g/mol. The number of rotatable bonds is 8. The minimum Gasteiger partial charge on any atom is -0.394 e. The maximum absolute atomic E-state index is 12.7. The van der Waals surface area contributed by atoms with Gasteiger partial charge in [0.15, 0.2) is 5.65 Å². The Morgan fingerprint density at radius 2 is 1.95 bits per heavy atom. The quantitative estimate of drug-likeness (QED) is 0.331. The highest BCUT2D eigenvalue weighted by Crippen LogP contribution is 2.28. The molecule has 196 valence electrons. The van der Waals surface area contributed by atoms with Gasteiger partial charge in [-0.1, -0.05) is 24.3 Å². The number of hydrogen-bond acceptors (Lipinski definition) is 7. The highest BCUT2D eigenvalue weighted by Gasteiger charge is 2.19. The molecular formula is C28H30N6O4. The molecule has 1 atom stereocenters. The summed E-state index contributed by atoms with van der Waals surface area (Å²) >= 11 is 0. The van der Waals surface area contributed by atoms with Crippen molar-refractivity contribution in [3.63, 3.8) is 0 Å². The van der Waals surface area contributed by atoms with E-state index >= 15 is 0 Å². The maximum atomic E-state index is 12.7. The Hall–Kier alpha value is -4.28. The zero-order chi connectivity index (χ0) is 26.5. The number of morpholine rings is 1. The van der Waals surface area contributed by atoms with Crippen LogP contribution in [-0.4, -0.2) is 75.1 Å². The first-order valence-electron chi connectivity index (χ1n) is 12.6. The molecule has 1 aliphatic rings. The number of carbonyl (C=O) groups is 2. The molecule has 10 heteroatoms. The Bertz CT molecular complexity index is 1430. The zero-order valence-corrected chi connectivity index (χ0v) is 21.1. The Kier molecular flexibility index (Phi) is 7.62. The molecule has 0 aliphatic carbocycles. The number of pyridine rings is 2. The predicted molar refractivity (Wildman–Crippen MR) is 143 cm³/mol. The van der Waals surface area contributed by atoms with E-state index in [0.717, 1.165) is 28.0 Å². The molecule has 0 radical (unpaired) electrons. The lowest BCUT2D eigenvalue weighted by molar-refractivity contribution is -0.121. The molecule has 4 aromatic rings. The molecular weight excluding hydrogens is 484 g/mol. The Balaban J connectivity index is 1.36. The van der Waals surface area contributed by atoms with Crippen LogP contribution < -0.4 is 10.6 Å². The number of aliphatic hydroxyl groups excluding tert-OH is 1. The van der Waals surface area contributed by atoms with Crippen LogP contribution >= 0.6 is 0 Å². The van der Waals surface area contributed by atoms with E-state index in [2.05, 4.69) is 20.6 Å². The first-order chi connectivity index (χ1) is 18.5. The van der Waals surface area contributed by atoms with E-state index in [1.54, 1.807) is 36.4 Å². The SMILES string of the molecule is C[C@H](CO)NC(=O)Cc1cccc(-c2cc(Nc3ccc(C(=O)N4CCOCC4)cn3)c3nccn3c2)c1. The lowest BCUT2D eigenvalue weighted by atomic mass is 10.0. The van der Waals surface area contributed by atoms with Crippen molar-refractivity contribution >= 4 is 29.0 Å². The van der Waals surface area contributed by atoms with Gasteiger partial charge in [0.25, 0.3) is 5.91 Å². The van der Waals surface area contributed by atoms with Crippen LogP contribution in [0.15, 0.2) is 67.3 Å². The van der Waals surface area contributed by atoms with Gasteiger partial charge in [0, 0.05) is 49.5 Å². The van der Waals surface area contributed by atoms with Gasteiger partial charge in [0.05, 0.1) is 37.5 Å². The number of amides is 2. The number of aromatic nitrogens is 3. The van der Waals surface area contributed by atoms with Crippen molar-refractivity contribution in [1.29, 1.82) is 0 Å². The van der Waals surface area contributed by atoms with Gasteiger partial charge in [0.2, 0.25) is 5.91 Å². The van der Waals surface area contributed by atoms with Crippen LogP contribution in [0.25, 0.3) is 16.8 Å². The van der Waals surface area contributed by atoms with Crippen LogP contribution in [0.1, 0.15) is 22.8 Å². The third-order valence-electron chi connectivity index (χ3n) is 6.37. The van der Waals surface area contributed by atoms with Gasteiger partial charge in [-0.05, 0) is 36.2 Å². The van der Waals surface area contributed by atoms with E-state index in [-0.39, 0.29) is 30.9 Å². The largest absolute Gasteiger partial charge is 0.394 e. The van der Waals surface area contributed by atoms with Gasteiger partial charge in [-0.25, -0.2) is 9.97 Å². The van der Waals surface area contributed by atoms with E-state index in [9.17, 15) is 14.7 Å². The van der Waals surface area contributed by atoms with Crippen LogP contribution in [-0.2, 0) is 16.0 Å². The predicted octanol–water partition coefficient (Wildman–Crippen LogP) is 2.65. The summed E-state index contributed by atoms with van der Waals surface area (Å²) in [5.41, 5.74) is 4.77. The van der Waals surface area contributed by atoms with E-state index in [1.807, 2.05) is 47.1 Å². The third kappa shape index (κ3) is 5.82. The van der Waals surface area contributed by atoms with Crippen molar-refractivity contribution in [3.05, 3.63) is 78.4 Å². The number of aliphatic hydroxyl groups is 1. The van der Waals surface area contributed by atoms with Crippen molar-refractivity contribution < 1.29 is 19.4 Å². The van der Waals surface area contributed by atoms with E-state index < -0.39 is 0 Å². The lowest BCUT2D eigenvalue weighted by Crippen LogP contribution is -2.40. The highest BCUT2D eigenvalue weighted by atomic mass is 16.5. The standard InChI is InChI=1S/C28H30N6O4/c1-19(18-35)31-26(36)14-20-3-2-4-21(13-20)23-15-24(27-29-7-8-34(27)17-23)32-25-6-5-22(16-30-25)28(37)33-9-11-38-12-10-33/h2-8,13,15-17,19,35H,9-12,14,18H2,1H3,(H,30,32)(H,31,36)/t19-/m1/s1. The number of hydrogen-bond donors (Lipinski definition) is 3. The first kappa shape index (κ1) is 25.4. The van der Waals surface area contributed by atoms with Gasteiger partial charge in [-0.3, -0.25) is 9.59 Å². The van der Waals surface area contributed by atoms with E-state index in [4.69, 9.17) is 4.74 Å². The molecule has 3 aromatic heterocycles. The second-order valence-electron chi connectivity index (χ2n) is 9.29. The van der Waals surface area contributed by atoms with Crippen molar-refractivity contribution in [2.45, 2.75) is 19.4 Å². The normalized spacial score (nSPS) is 14.3. The second kappa shape index (κ2) is 11.4. The van der Waals surface area contributed by atoms with Crippen molar-refractivity contribution in [2.75, 3.05) is 38.2 Å². The van der Waals surface area contributed by atoms with Crippen molar-refractivity contribution in [3.8, 4) is 11.1 Å². The van der Waals surface area contributed by atoms with Gasteiger partial charge >= 0.3 is 0 Å². The molecule has 4 heterocycles. The molecule has 38 heavy (non-hydrogen) atoms. The fourth-order valence-electron chi connectivity index (χ4n) is 4.38. The summed E-state index contributed by atoms with van der Waals surface area (Å²) in [5, 5.41) is 15.3. The number of ether oxygens (including phenoxy) is 1. The number of benzene rings is 1. The topological polar surface area (TPSA) is 121 Å². The molecule has 0 bridgehead atoms. The highest BCUT2D eigenvalue weighted by molar-refractivity contribution is 5.94. The molecule has 1 aliphatic heterocycles. The number of anilines is 2. The fraction of sp³-hybridized carbons (Fsp3) is 0.286. The third-order valence-corrected chi connectivity index (χ3v) is 6.37. The van der Waals surface area contributed by atoms with Gasteiger partial charge in [-0.15, -0.1) is 0 Å². The van der Waals surface area contributed by atoms with Gasteiger partial charge in [0.1, 0.15) is 5.82 Å². The van der Waals surface area contributed by atoms with Crippen LogP contribution in [0.5, 0.6) is 0 Å². The van der Waals surface area contributed by atoms with Crippen LogP contribution in [0.4, 0.5) is 11.5 Å². The Morgan fingerprint density at radius 1 is 1.11 bits per heavy atom. The molecule has 1 fully saturated rings. The number of imidazole rings is 1. The Labute approximate surface area is 220 Å². The molecule has 1 aromatic carbocycles. The lowest BCUT2D eigenvalue weighted by Gasteiger charge is -2.26. The summed E-state index contributed by atoms with van der Waals surface area (Å²) in [4.78, 5) is 35.8. The minimum atomic E-state index is -0.289. The molecule has 5 rings (SSSR count). The van der Waals surface area contributed by atoms with Gasteiger partial charge < -0.3 is 29.8 Å². The summed E-state index contributed by atoms with van der Waals surface area (Å²) in [7, 11) is 0. The van der Waals surface area contributed by atoms with E-state index in [0.29, 0.717) is 37.7 Å². The minimum absolute atomic E-state index is 0.0515. The van der Waals surface area contributed by atoms with Crippen LogP contribution in [0.2, 0.25) is 0 Å². The first-order valence-corrected chi connectivity index (χ1v) is 12.6. The molecule has 2 amide bonds. The zero-order valence-electron chi connectivity index (χ0n) is 21.1. The fourth-order valence-corrected chi connectivity index (χ4v) is 4.38. The summed E-state index contributed by atoms with van der Waals surface area (Å²) in [6, 6.07) is 13.1. The number of fused-ring (bicyclic) bond motifs is 1. The average Bonchev–Trinajstić information content (AvgIpc) is 3.43. The average molecular weight is 515 g/mol. The molecule has 10 nitrogen and oxygen atoms in total. The van der Waals surface area contributed by atoms with Gasteiger partial charge in [-0.2, -0.15) is 0 Å². The maximum Gasteiger partial charge on any atom is 0.255 e. The molecule has 0 saturated carbocycles. The smallest absolute Gasteiger partial charge is 0.255 e. The second-order valence-corrected chi connectivity index (χ2v) is 9.29. The van der Waals surface area contributed by atoms with E-state index in [1.165, 1.54) is 0 Å². The number of nitrogens with one attached hydrogen (secondary N) is 2. The summed E-state index contributed by atoms with van der Waals surface area (Å²) < 4.78 is 7.26. The summed E-state index contributed by atoms with van der Waals surface area (Å²) in [5.74, 6) is 0.399. The molecule has 3 N–H and O–H groups in total. The summed E-state index contributed by atoms with van der Waals surface area (Å²) in [6.45, 7) is 3.92. The van der Waals surface area contributed by atoms with Crippen molar-refractivity contribution in [1.82, 2.24) is 24.6 Å². The van der Waals surface area contributed by atoms with Crippen molar-refractivity contribution in [2.24, 2.45) is 0 Å². The number of nitrogens with zero attached hydrogens (tertiary/aromatic N) is 4. The van der Waals surface area contributed by atoms with Crippen LogP contribution in [0, 0.1) is 0 Å². The molecule has 0 unspecified atom stereocenters. The van der Waals surface area contributed by atoms with Crippen LogP contribution in [0.3, 0.4) is 0 Å².